The first kappa shape index (κ1) is 31.2. The number of methoxy groups -OCH3 is 1. The number of carbonyl (C=O) groups excluding carboxylic acids is 2. The van der Waals surface area contributed by atoms with Gasteiger partial charge in [-0.25, -0.2) is 8.42 Å². The van der Waals surface area contributed by atoms with Gasteiger partial charge >= 0.3 is 0 Å². The molecule has 0 unspecified atom stereocenters. The molecule has 0 heterocycles. The molecule has 0 aliphatic heterocycles. The van der Waals surface area contributed by atoms with Crippen molar-refractivity contribution >= 4 is 43.5 Å². The van der Waals surface area contributed by atoms with Crippen molar-refractivity contribution in [3.05, 3.63) is 94.5 Å². The Bertz CT molecular complexity index is 1380. The molecule has 3 rings (SSSR count). The van der Waals surface area contributed by atoms with E-state index in [9.17, 15) is 18.0 Å². The van der Waals surface area contributed by atoms with Gasteiger partial charge in [0.25, 0.3) is 0 Å². The number of ether oxygens (including phenoxy) is 1. The molecule has 0 fully saturated rings. The summed E-state index contributed by atoms with van der Waals surface area (Å²) in [6.45, 7) is 3.49. The lowest BCUT2D eigenvalue weighted by Crippen LogP contribution is -2.54. The van der Waals surface area contributed by atoms with E-state index in [0.29, 0.717) is 5.75 Å². The molecule has 2 atom stereocenters. The Morgan fingerprint density at radius 3 is 2.17 bits per heavy atom. The van der Waals surface area contributed by atoms with Gasteiger partial charge in [-0.15, -0.1) is 0 Å². The lowest BCUT2D eigenvalue weighted by atomic mass is 10.0. The molecule has 0 saturated carbocycles. The molecular formula is C30H36BrN3O5S. The molecule has 40 heavy (non-hydrogen) atoms. The van der Waals surface area contributed by atoms with E-state index < -0.39 is 28.5 Å². The largest absolute Gasteiger partial charge is 0.495 e. The van der Waals surface area contributed by atoms with Gasteiger partial charge in [0.15, 0.2) is 0 Å². The zero-order valence-corrected chi connectivity index (χ0v) is 25.6. The third-order valence-corrected chi connectivity index (χ3v) is 8.23. The highest BCUT2D eigenvalue weighted by Gasteiger charge is 2.34. The van der Waals surface area contributed by atoms with Gasteiger partial charge in [0.2, 0.25) is 21.8 Å². The second kappa shape index (κ2) is 14.3. The van der Waals surface area contributed by atoms with Crippen molar-refractivity contribution in [1.82, 2.24) is 10.2 Å². The first-order chi connectivity index (χ1) is 19.0. The molecule has 0 aliphatic carbocycles. The first-order valence-corrected chi connectivity index (χ1v) is 15.7. The Morgan fingerprint density at radius 1 is 0.950 bits per heavy atom. The van der Waals surface area contributed by atoms with Crippen LogP contribution >= 0.6 is 15.9 Å². The predicted octanol–water partition coefficient (Wildman–Crippen LogP) is 4.78. The third-order valence-electron chi connectivity index (χ3n) is 6.57. The zero-order valence-electron chi connectivity index (χ0n) is 23.2. The number of rotatable bonds is 13. The molecule has 0 spiro atoms. The SMILES string of the molecule is CC[C@H](C)NC(=O)[C@@H](Cc1ccccc1)N(Cc1ccc(Br)cc1)C(=O)CN(c1ccccc1OC)S(C)(=O)=O. The van der Waals surface area contributed by atoms with E-state index in [1.165, 1.54) is 12.0 Å². The smallest absolute Gasteiger partial charge is 0.244 e. The number of hydrogen-bond acceptors (Lipinski definition) is 5. The number of para-hydroxylation sites is 2. The molecule has 0 bridgehead atoms. The summed E-state index contributed by atoms with van der Waals surface area (Å²) in [7, 11) is -2.45. The molecule has 0 saturated heterocycles. The quantitative estimate of drug-likeness (QED) is 0.294. The molecule has 2 amide bonds. The van der Waals surface area contributed by atoms with Crippen LogP contribution in [0, 0.1) is 0 Å². The van der Waals surface area contributed by atoms with Crippen LogP contribution in [0.25, 0.3) is 0 Å². The topological polar surface area (TPSA) is 96.0 Å². The van der Waals surface area contributed by atoms with Gasteiger partial charge in [-0.2, -0.15) is 0 Å². The van der Waals surface area contributed by atoms with Crippen molar-refractivity contribution < 1.29 is 22.7 Å². The number of nitrogens with zero attached hydrogens (tertiary/aromatic N) is 2. The third kappa shape index (κ3) is 8.56. The molecule has 10 heteroatoms. The van der Waals surface area contributed by atoms with Crippen molar-refractivity contribution in [2.75, 3.05) is 24.2 Å². The van der Waals surface area contributed by atoms with Crippen LogP contribution in [-0.4, -0.2) is 57.1 Å². The fourth-order valence-corrected chi connectivity index (χ4v) is 5.33. The summed E-state index contributed by atoms with van der Waals surface area (Å²) in [6, 6.07) is 22.6. The lowest BCUT2D eigenvalue weighted by Gasteiger charge is -2.34. The number of halogens is 1. The summed E-state index contributed by atoms with van der Waals surface area (Å²) in [4.78, 5) is 29.3. The summed E-state index contributed by atoms with van der Waals surface area (Å²) in [6.07, 6.45) is 2.03. The van der Waals surface area contributed by atoms with Crippen molar-refractivity contribution in [1.29, 1.82) is 0 Å². The Kier molecular flexibility index (Phi) is 11.2. The fourth-order valence-electron chi connectivity index (χ4n) is 4.21. The summed E-state index contributed by atoms with van der Waals surface area (Å²) in [5, 5.41) is 3.02. The second-order valence-electron chi connectivity index (χ2n) is 9.61. The van der Waals surface area contributed by atoms with E-state index in [1.807, 2.05) is 68.4 Å². The fraction of sp³-hybridized carbons (Fsp3) is 0.333. The minimum Gasteiger partial charge on any atom is -0.495 e. The average molecular weight is 631 g/mol. The maximum atomic E-state index is 14.1. The number of sulfonamides is 1. The molecule has 8 nitrogen and oxygen atoms in total. The Balaban J connectivity index is 2.07. The Hall–Kier alpha value is -3.37. The van der Waals surface area contributed by atoms with E-state index >= 15 is 0 Å². The summed E-state index contributed by atoms with van der Waals surface area (Å²) >= 11 is 3.44. The van der Waals surface area contributed by atoms with E-state index in [0.717, 1.165) is 32.6 Å². The van der Waals surface area contributed by atoms with Crippen LogP contribution in [0.5, 0.6) is 5.75 Å². The number of nitrogens with one attached hydrogen (secondary N) is 1. The van der Waals surface area contributed by atoms with E-state index in [-0.39, 0.29) is 30.6 Å². The highest BCUT2D eigenvalue weighted by molar-refractivity contribution is 9.10. The van der Waals surface area contributed by atoms with Gasteiger partial charge in [-0.3, -0.25) is 13.9 Å². The highest BCUT2D eigenvalue weighted by atomic mass is 79.9. The average Bonchev–Trinajstić information content (AvgIpc) is 2.94. The molecule has 3 aromatic carbocycles. The molecule has 1 N–H and O–H groups in total. The Labute approximate surface area is 245 Å². The van der Waals surface area contributed by atoms with Crippen LogP contribution in [0.1, 0.15) is 31.4 Å². The minimum atomic E-state index is -3.89. The van der Waals surface area contributed by atoms with Gasteiger partial charge in [-0.1, -0.05) is 77.5 Å². The van der Waals surface area contributed by atoms with E-state index in [1.54, 1.807) is 24.3 Å². The van der Waals surface area contributed by atoms with Crippen molar-refractivity contribution in [2.45, 2.75) is 45.3 Å². The maximum absolute atomic E-state index is 14.1. The van der Waals surface area contributed by atoms with E-state index in [2.05, 4.69) is 21.2 Å². The van der Waals surface area contributed by atoms with Crippen LogP contribution in [0.15, 0.2) is 83.3 Å². The van der Waals surface area contributed by atoms with E-state index in [4.69, 9.17) is 4.74 Å². The number of amides is 2. The van der Waals surface area contributed by atoms with Crippen molar-refractivity contribution in [3.8, 4) is 5.75 Å². The molecular weight excluding hydrogens is 594 g/mol. The normalized spacial score (nSPS) is 12.7. The van der Waals surface area contributed by atoms with Crippen molar-refractivity contribution in [3.63, 3.8) is 0 Å². The maximum Gasteiger partial charge on any atom is 0.244 e. The van der Waals surface area contributed by atoms with Gasteiger partial charge in [0, 0.05) is 23.5 Å². The summed E-state index contributed by atoms with van der Waals surface area (Å²) in [5.74, 6) is -0.498. The Morgan fingerprint density at radius 2 is 1.57 bits per heavy atom. The predicted molar refractivity (Wildman–Crippen MR) is 162 cm³/mol. The number of carbonyl (C=O) groups is 2. The van der Waals surface area contributed by atoms with Crippen LogP contribution < -0.4 is 14.4 Å². The molecule has 0 radical (unpaired) electrons. The lowest BCUT2D eigenvalue weighted by molar-refractivity contribution is -0.140. The highest BCUT2D eigenvalue weighted by Crippen LogP contribution is 2.30. The number of benzene rings is 3. The first-order valence-electron chi connectivity index (χ1n) is 13.0. The van der Waals surface area contributed by atoms with Gasteiger partial charge in [0.1, 0.15) is 18.3 Å². The van der Waals surface area contributed by atoms with Gasteiger partial charge in [0.05, 0.1) is 19.1 Å². The second-order valence-corrected chi connectivity index (χ2v) is 12.4. The van der Waals surface area contributed by atoms with Crippen LogP contribution in [0.3, 0.4) is 0 Å². The molecule has 0 aliphatic rings. The summed E-state index contributed by atoms with van der Waals surface area (Å²) in [5.41, 5.74) is 1.92. The minimum absolute atomic E-state index is 0.100. The van der Waals surface area contributed by atoms with Gasteiger partial charge in [-0.05, 0) is 48.7 Å². The standard InChI is InChI=1S/C30H36BrN3O5S/c1-5-22(2)32-30(36)27(19-23-11-7-6-8-12-23)33(20-24-15-17-25(31)18-16-24)29(35)21-34(40(4,37)38)26-13-9-10-14-28(26)39-3/h6-18,22,27H,5,19-21H2,1-4H3,(H,32,36)/t22-,27+/m0/s1. The van der Waals surface area contributed by atoms with Crippen molar-refractivity contribution in [2.24, 2.45) is 0 Å². The van der Waals surface area contributed by atoms with Crippen LogP contribution in [0.2, 0.25) is 0 Å². The molecule has 3 aromatic rings. The molecule has 214 valence electrons. The van der Waals surface area contributed by atoms with Crippen LogP contribution in [0.4, 0.5) is 5.69 Å². The number of hydrogen-bond donors (Lipinski definition) is 1. The summed E-state index contributed by atoms with van der Waals surface area (Å²) < 4.78 is 33.2. The molecule has 0 aromatic heterocycles. The number of anilines is 1. The van der Waals surface area contributed by atoms with Crippen LogP contribution in [-0.2, 0) is 32.6 Å². The monoisotopic (exact) mass is 629 g/mol. The van der Waals surface area contributed by atoms with Gasteiger partial charge < -0.3 is 15.0 Å². The zero-order chi connectivity index (χ0) is 29.3.